The van der Waals surface area contributed by atoms with E-state index in [9.17, 15) is 4.79 Å². The fourth-order valence-electron chi connectivity index (χ4n) is 1.54. The first-order valence-corrected chi connectivity index (χ1v) is 6.88. The summed E-state index contributed by atoms with van der Waals surface area (Å²) in [6.07, 6.45) is 0. The second kappa shape index (κ2) is 6.77. The van der Waals surface area contributed by atoms with Crippen LogP contribution < -0.4 is 5.32 Å². The van der Waals surface area contributed by atoms with Crippen LogP contribution in [-0.2, 0) is 9.53 Å². The Bertz CT molecular complexity index is 360. The van der Waals surface area contributed by atoms with Gasteiger partial charge >= 0.3 is 5.97 Å². The van der Waals surface area contributed by atoms with Gasteiger partial charge in [0.25, 0.3) is 0 Å². The van der Waals surface area contributed by atoms with Crippen LogP contribution in [0.5, 0.6) is 0 Å². The van der Waals surface area contributed by atoms with E-state index in [4.69, 9.17) is 4.74 Å². The molecule has 0 bridgehead atoms. The molecule has 17 heavy (non-hydrogen) atoms. The Balaban J connectivity index is 2.79. The van der Waals surface area contributed by atoms with Crippen LogP contribution in [-0.4, -0.2) is 19.1 Å². The van der Waals surface area contributed by atoms with Crippen LogP contribution in [0.1, 0.15) is 37.3 Å². The summed E-state index contributed by atoms with van der Waals surface area (Å²) < 4.78 is 5.12. The van der Waals surface area contributed by atoms with E-state index < -0.39 is 0 Å². The molecule has 0 fully saturated rings. The lowest BCUT2D eigenvalue weighted by molar-refractivity contribution is -0.145. The van der Waals surface area contributed by atoms with Gasteiger partial charge in [-0.25, -0.2) is 4.79 Å². The molecule has 1 heterocycles. The first kappa shape index (κ1) is 14.2. The lowest BCUT2D eigenvalue weighted by atomic mass is 10.1. The van der Waals surface area contributed by atoms with Gasteiger partial charge in [0.05, 0.1) is 6.61 Å². The van der Waals surface area contributed by atoms with Gasteiger partial charge in [0.1, 0.15) is 6.04 Å². The highest BCUT2D eigenvalue weighted by molar-refractivity contribution is 7.10. The minimum atomic E-state index is -0.322. The highest BCUT2D eigenvalue weighted by Gasteiger charge is 2.24. The lowest BCUT2D eigenvalue weighted by Crippen LogP contribution is -2.32. The van der Waals surface area contributed by atoms with Crippen LogP contribution in [0, 0.1) is 12.8 Å². The maximum atomic E-state index is 11.9. The second-order valence-electron chi connectivity index (χ2n) is 4.46. The van der Waals surface area contributed by atoms with E-state index in [1.807, 2.05) is 25.3 Å². The highest BCUT2D eigenvalue weighted by Crippen LogP contribution is 2.25. The summed E-state index contributed by atoms with van der Waals surface area (Å²) in [5.41, 5.74) is 1.14. The van der Waals surface area contributed by atoms with Gasteiger partial charge < -0.3 is 4.74 Å². The molecule has 0 saturated carbocycles. The Labute approximate surface area is 107 Å². The molecule has 0 aliphatic heterocycles. The molecule has 0 aromatic carbocycles. The van der Waals surface area contributed by atoms with Gasteiger partial charge in [0.2, 0.25) is 0 Å². The van der Waals surface area contributed by atoms with Crippen LogP contribution in [0.15, 0.2) is 11.4 Å². The van der Waals surface area contributed by atoms with Crippen LogP contribution >= 0.6 is 11.3 Å². The molecule has 4 heteroatoms. The lowest BCUT2D eigenvalue weighted by Gasteiger charge is -2.18. The topological polar surface area (TPSA) is 38.3 Å². The highest BCUT2D eigenvalue weighted by atomic mass is 32.1. The number of hydrogen-bond donors (Lipinski definition) is 1. The summed E-state index contributed by atoms with van der Waals surface area (Å²) in [6.45, 7) is 9.32. The molecule has 1 aromatic rings. The summed E-state index contributed by atoms with van der Waals surface area (Å²) in [7, 11) is 0. The number of hydrogen-bond acceptors (Lipinski definition) is 4. The van der Waals surface area contributed by atoms with Crippen LogP contribution in [0.3, 0.4) is 0 Å². The number of rotatable bonds is 6. The molecule has 1 aromatic heterocycles. The van der Waals surface area contributed by atoms with Crippen LogP contribution in [0.25, 0.3) is 0 Å². The summed E-state index contributed by atoms with van der Waals surface area (Å²) in [6, 6.07) is 1.71. The number of ether oxygens (including phenoxy) is 1. The summed E-state index contributed by atoms with van der Waals surface area (Å²) in [5, 5.41) is 5.29. The van der Waals surface area contributed by atoms with E-state index in [-0.39, 0.29) is 12.0 Å². The average Bonchev–Trinajstić information content (AvgIpc) is 2.65. The van der Waals surface area contributed by atoms with E-state index in [0.29, 0.717) is 12.5 Å². The monoisotopic (exact) mass is 255 g/mol. The number of nitrogens with one attached hydrogen (secondary N) is 1. The zero-order chi connectivity index (χ0) is 12.8. The molecule has 0 aliphatic carbocycles. The first-order chi connectivity index (χ1) is 8.06. The Morgan fingerprint density at radius 1 is 1.53 bits per heavy atom. The van der Waals surface area contributed by atoms with E-state index >= 15 is 0 Å². The van der Waals surface area contributed by atoms with Crippen molar-refractivity contribution in [2.75, 3.05) is 13.2 Å². The van der Waals surface area contributed by atoms with Crippen molar-refractivity contribution in [3.8, 4) is 0 Å². The molecule has 96 valence electrons. The van der Waals surface area contributed by atoms with Gasteiger partial charge in [0.15, 0.2) is 0 Å². The normalized spacial score (nSPS) is 12.8. The first-order valence-electron chi connectivity index (χ1n) is 6.00. The van der Waals surface area contributed by atoms with Crippen LogP contribution in [0.2, 0.25) is 0 Å². The fraction of sp³-hybridized carbons (Fsp3) is 0.615. The van der Waals surface area contributed by atoms with Crippen molar-refractivity contribution in [3.63, 3.8) is 0 Å². The molecule has 0 spiro atoms. The zero-order valence-corrected chi connectivity index (χ0v) is 11.8. The summed E-state index contributed by atoms with van der Waals surface area (Å²) in [4.78, 5) is 13.0. The standard InChI is InChI=1S/C13H21NO2S/c1-5-16-13(15)11(14-8-9(2)3)12-10(4)6-7-17-12/h6-7,9,11,14H,5,8H2,1-4H3. The Kier molecular flexibility index (Phi) is 5.65. The average molecular weight is 255 g/mol. The second-order valence-corrected chi connectivity index (χ2v) is 5.40. The largest absolute Gasteiger partial charge is 0.465 e. The van der Waals surface area contributed by atoms with Gasteiger partial charge in [-0.15, -0.1) is 11.3 Å². The molecule has 0 saturated heterocycles. The quantitative estimate of drug-likeness (QED) is 0.794. The van der Waals surface area contributed by atoms with Crippen molar-refractivity contribution in [2.24, 2.45) is 5.92 Å². The molecule has 0 radical (unpaired) electrons. The summed E-state index contributed by atoms with van der Waals surface area (Å²) >= 11 is 1.60. The smallest absolute Gasteiger partial charge is 0.328 e. The molecule has 1 unspecified atom stereocenters. The molecule has 1 atom stereocenters. The predicted molar refractivity (Wildman–Crippen MR) is 71.3 cm³/mol. The molecule has 3 nitrogen and oxygen atoms in total. The number of esters is 1. The molecule has 0 aliphatic rings. The Morgan fingerprint density at radius 3 is 2.71 bits per heavy atom. The predicted octanol–water partition coefficient (Wildman–Crippen LogP) is 2.91. The van der Waals surface area contributed by atoms with Gasteiger partial charge in [-0.05, 0) is 43.3 Å². The van der Waals surface area contributed by atoms with Crippen molar-refractivity contribution in [1.82, 2.24) is 5.32 Å². The van der Waals surface area contributed by atoms with Gasteiger partial charge in [-0.1, -0.05) is 13.8 Å². The fourth-order valence-corrected chi connectivity index (χ4v) is 2.53. The number of carbonyl (C=O) groups is 1. The van der Waals surface area contributed by atoms with Crippen molar-refractivity contribution in [2.45, 2.75) is 33.7 Å². The number of thiophene rings is 1. The van der Waals surface area contributed by atoms with Gasteiger partial charge in [0, 0.05) is 4.88 Å². The third-order valence-corrected chi connectivity index (χ3v) is 3.50. The molecule has 1 N–H and O–H groups in total. The van der Waals surface area contributed by atoms with Crippen molar-refractivity contribution < 1.29 is 9.53 Å². The third kappa shape index (κ3) is 4.13. The molecule has 0 amide bonds. The Hall–Kier alpha value is -0.870. The molecular formula is C13H21NO2S. The minimum absolute atomic E-state index is 0.182. The van der Waals surface area contributed by atoms with Gasteiger partial charge in [-0.2, -0.15) is 0 Å². The minimum Gasteiger partial charge on any atom is -0.465 e. The zero-order valence-electron chi connectivity index (χ0n) is 10.9. The van der Waals surface area contributed by atoms with E-state index in [1.165, 1.54) is 0 Å². The van der Waals surface area contributed by atoms with Gasteiger partial charge in [-0.3, -0.25) is 5.32 Å². The SMILES string of the molecule is CCOC(=O)C(NCC(C)C)c1sccc1C. The van der Waals surface area contributed by atoms with Crippen molar-refractivity contribution >= 4 is 17.3 Å². The van der Waals surface area contributed by atoms with E-state index in [2.05, 4.69) is 19.2 Å². The maximum Gasteiger partial charge on any atom is 0.328 e. The van der Waals surface area contributed by atoms with Crippen molar-refractivity contribution in [3.05, 3.63) is 21.9 Å². The number of carbonyl (C=O) groups excluding carboxylic acids is 1. The third-order valence-electron chi connectivity index (χ3n) is 2.42. The van der Waals surface area contributed by atoms with Crippen molar-refractivity contribution in [1.29, 1.82) is 0 Å². The molecular weight excluding hydrogens is 234 g/mol. The maximum absolute atomic E-state index is 11.9. The summed E-state index contributed by atoms with van der Waals surface area (Å²) in [5.74, 6) is 0.325. The Morgan fingerprint density at radius 2 is 2.24 bits per heavy atom. The molecule has 1 rings (SSSR count). The van der Waals surface area contributed by atoms with E-state index in [0.717, 1.165) is 17.0 Å². The van der Waals surface area contributed by atoms with Crippen LogP contribution in [0.4, 0.5) is 0 Å². The number of aryl methyl sites for hydroxylation is 1. The van der Waals surface area contributed by atoms with E-state index in [1.54, 1.807) is 11.3 Å².